The summed E-state index contributed by atoms with van der Waals surface area (Å²) >= 11 is 0. The van der Waals surface area contributed by atoms with Crippen LogP contribution < -0.4 is 0 Å². The van der Waals surface area contributed by atoms with Crippen LogP contribution in [0.5, 0.6) is 0 Å². The highest BCUT2D eigenvalue weighted by Gasteiger charge is 2.09. The van der Waals surface area contributed by atoms with E-state index < -0.39 is 0 Å². The average molecular weight is 136 g/mol. The van der Waals surface area contributed by atoms with Crippen molar-refractivity contribution in [2.75, 3.05) is 6.61 Å². The summed E-state index contributed by atoms with van der Waals surface area (Å²) in [7, 11) is 0. The lowest BCUT2D eigenvalue weighted by atomic mass is 10.2. The summed E-state index contributed by atoms with van der Waals surface area (Å²) in [5.74, 6) is 0. The molecular formula is C7H8N2O. The fourth-order valence-corrected chi connectivity index (χ4v) is 1.06. The van der Waals surface area contributed by atoms with E-state index in [4.69, 9.17) is 4.74 Å². The van der Waals surface area contributed by atoms with Gasteiger partial charge in [-0.05, 0) is 0 Å². The summed E-state index contributed by atoms with van der Waals surface area (Å²) in [6.45, 7) is 1.41. The normalized spacial score (nSPS) is 16.4. The zero-order chi connectivity index (χ0) is 6.81. The molecule has 52 valence electrons. The van der Waals surface area contributed by atoms with Crippen LogP contribution in [0.15, 0.2) is 12.4 Å². The quantitative estimate of drug-likeness (QED) is 0.522. The molecule has 0 aromatic carbocycles. The van der Waals surface area contributed by atoms with Crippen LogP contribution in [-0.4, -0.2) is 16.6 Å². The summed E-state index contributed by atoms with van der Waals surface area (Å²) in [6.07, 6.45) is 4.33. The second-order valence-corrected chi connectivity index (χ2v) is 2.25. The predicted octanol–water partition coefficient (Wildman–Crippen LogP) is 0.549. The maximum absolute atomic E-state index is 5.19. The fourth-order valence-electron chi connectivity index (χ4n) is 1.06. The topological polar surface area (TPSA) is 35.0 Å². The highest BCUT2D eigenvalue weighted by molar-refractivity contribution is 5.11. The Morgan fingerprint density at radius 2 is 2.00 bits per heavy atom. The van der Waals surface area contributed by atoms with Gasteiger partial charge >= 0.3 is 0 Å². The van der Waals surface area contributed by atoms with Crippen LogP contribution in [0.4, 0.5) is 0 Å². The second-order valence-electron chi connectivity index (χ2n) is 2.25. The maximum Gasteiger partial charge on any atom is 0.0906 e. The third-order valence-corrected chi connectivity index (χ3v) is 1.58. The minimum Gasteiger partial charge on any atom is -0.375 e. The fraction of sp³-hybridized carbons (Fsp3) is 0.429. The number of aromatic nitrogens is 2. The monoisotopic (exact) mass is 136 g/mol. The lowest BCUT2D eigenvalue weighted by Crippen LogP contribution is -2.12. The summed E-state index contributed by atoms with van der Waals surface area (Å²) in [5.41, 5.74) is 2.09. The molecule has 0 fully saturated rings. The molecule has 1 aromatic heterocycles. The van der Waals surface area contributed by atoms with Crippen molar-refractivity contribution in [1.82, 2.24) is 9.97 Å². The van der Waals surface area contributed by atoms with Crippen molar-refractivity contribution in [2.24, 2.45) is 0 Å². The van der Waals surface area contributed by atoms with Gasteiger partial charge in [0.1, 0.15) is 0 Å². The first-order valence-electron chi connectivity index (χ1n) is 3.33. The summed E-state index contributed by atoms with van der Waals surface area (Å²) in [4.78, 5) is 8.31. The number of nitrogens with zero attached hydrogens (tertiary/aromatic N) is 2. The molecule has 0 unspecified atom stereocenters. The lowest BCUT2D eigenvalue weighted by Gasteiger charge is -2.12. The number of rotatable bonds is 0. The molecule has 3 heteroatoms. The molecule has 0 saturated heterocycles. The number of fused-ring (bicyclic) bond motifs is 1. The van der Waals surface area contributed by atoms with Crippen molar-refractivity contribution in [1.29, 1.82) is 0 Å². The molecule has 1 aromatic rings. The van der Waals surface area contributed by atoms with E-state index in [2.05, 4.69) is 9.97 Å². The molecule has 0 radical (unpaired) electrons. The minimum atomic E-state index is 0.628. The van der Waals surface area contributed by atoms with E-state index in [9.17, 15) is 0 Å². The van der Waals surface area contributed by atoms with Crippen LogP contribution in [-0.2, 0) is 17.8 Å². The van der Waals surface area contributed by atoms with E-state index in [0.29, 0.717) is 6.61 Å². The van der Waals surface area contributed by atoms with Gasteiger partial charge in [-0.3, -0.25) is 9.97 Å². The highest BCUT2D eigenvalue weighted by Crippen LogP contribution is 2.09. The van der Waals surface area contributed by atoms with E-state index >= 15 is 0 Å². The summed E-state index contributed by atoms with van der Waals surface area (Å²) in [5, 5.41) is 0. The third kappa shape index (κ3) is 0.885. The molecule has 2 heterocycles. The number of hydrogen-bond donors (Lipinski definition) is 0. The SMILES string of the molecule is c1cnc2c(n1)CCOC2. The van der Waals surface area contributed by atoms with Gasteiger partial charge in [0.25, 0.3) is 0 Å². The molecular weight excluding hydrogens is 128 g/mol. The molecule has 0 bridgehead atoms. The van der Waals surface area contributed by atoms with Crippen molar-refractivity contribution in [2.45, 2.75) is 13.0 Å². The first-order chi connectivity index (χ1) is 4.97. The molecule has 0 aliphatic carbocycles. The Morgan fingerprint density at radius 3 is 2.80 bits per heavy atom. The number of hydrogen-bond acceptors (Lipinski definition) is 3. The first kappa shape index (κ1) is 5.80. The zero-order valence-electron chi connectivity index (χ0n) is 5.58. The Hall–Kier alpha value is -0.960. The Kier molecular flexibility index (Phi) is 1.36. The first-order valence-corrected chi connectivity index (χ1v) is 3.33. The van der Waals surface area contributed by atoms with Gasteiger partial charge in [-0.2, -0.15) is 0 Å². The Balaban J connectivity index is 2.41. The van der Waals surface area contributed by atoms with Gasteiger partial charge in [0, 0.05) is 18.8 Å². The van der Waals surface area contributed by atoms with Crippen molar-refractivity contribution in [3.8, 4) is 0 Å². The van der Waals surface area contributed by atoms with Crippen LogP contribution in [0.1, 0.15) is 11.4 Å². The zero-order valence-corrected chi connectivity index (χ0v) is 5.58. The van der Waals surface area contributed by atoms with Crippen LogP contribution in [0, 0.1) is 0 Å². The predicted molar refractivity (Wildman–Crippen MR) is 35.4 cm³/mol. The van der Waals surface area contributed by atoms with Gasteiger partial charge in [0.15, 0.2) is 0 Å². The third-order valence-electron chi connectivity index (χ3n) is 1.58. The summed E-state index contributed by atoms with van der Waals surface area (Å²) < 4.78 is 5.19. The molecule has 2 rings (SSSR count). The van der Waals surface area contributed by atoms with Gasteiger partial charge in [-0.1, -0.05) is 0 Å². The molecule has 10 heavy (non-hydrogen) atoms. The molecule has 1 aliphatic rings. The van der Waals surface area contributed by atoms with Crippen LogP contribution in [0.25, 0.3) is 0 Å². The van der Waals surface area contributed by atoms with E-state index in [1.165, 1.54) is 0 Å². The van der Waals surface area contributed by atoms with Gasteiger partial charge < -0.3 is 4.74 Å². The molecule has 0 amide bonds. The van der Waals surface area contributed by atoms with Crippen LogP contribution in [0.2, 0.25) is 0 Å². The van der Waals surface area contributed by atoms with E-state index in [1.807, 2.05) is 0 Å². The van der Waals surface area contributed by atoms with E-state index in [0.717, 1.165) is 24.4 Å². The van der Waals surface area contributed by atoms with Gasteiger partial charge in [-0.15, -0.1) is 0 Å². The highest BCUT2D eigenvalue weighted by atomic mass is 16.5. The molecule has 0 N–H and O–H groups in total. The van der Waals surface area contributed by atoms with Gasteiger partial charge in [0.05, 0.1) is 24.6 Å². The lowest BCUT2D eigenvalue weighted by molar-refractivity contribution is 0.106. The maximum atomic E-state index is 5.19. The van der Waals surface area contributed by atoms with Crippen molar-refractivity contribution < 1.29 is 4.74 Å². The standard InChI is InChI=1S/C7H8N2O/c1-4-10-5-7-6(1)8-2-3-9-7/h2-3H,1,4-5H2. The molecule has 0 saturated carbocycles. The Morgan fingerprint density at radius 1 is 1.20 bits per heavy atom. The molecule has 0 atom stereocenters. The largest absolute Gasteiger partial charge is 0.375 e. The van der Waals surface area contributed by atoms with Gasteiger partial charge in [-0.25, -0.2) is 0 Å². The molecule has 3 nitrogen and oxygen atoms in total. The van der Waals surface area contributed by atoms with Crippen LogP contribution >= 0.6 is 0 Å². The average Bonchev–Trinajstić information content (AvgIpc) is 2.05. The minimum absolute atomic E-state index is 0.628. The molecule has 1 aliphatic heterocycles. The van der Waals surface area contributed by atoms with E-state index in [1.54, 1.807) is 12.4 Å². The van der Waals surface area contributed by atoms with Crippen LogP contribution in [0.3, 0.4) is 0 Å². The summed E-state index contributed by atoms with van der Waals surface area (Å²) in [6, 6.07) is 0. The van der Waals surface area contributed by atoms with Crippen molar-refractivity contribution in [3.05, 3.63) is 23.8 Å². The van der Waals surface area contributed by atoms with E-state index in [-0.39, 0.29) is 0 Å². The van der Waals surface area contributed by atoms with Crippen molar-refractivity contribution >= 4 is 0 Å². The second kappa shape index (κ2) is 2.34. The Bertz CT molecular complexity index is 212. The van der Waals surface area contributed by atoms with Crippen molar-refractivity contribution in [3.63, 3.8) is 0 Å². The Labute approximate surface area is 59.1 Å². The smallest absolute Gasteiger partial charge is 0.0906 e. The number of ether oxygens (including phenoxy) is 1. The van der Waals surface area contributed by atoms with Gasteiger partial charge in [0.2, 0.25) is 0 Å². The molecule has 0 spiro atoms.